The quantitative estimate of drug-likeness (QED) is 0.00334. The number of hydrogen-bond donors (Lipinski definition) is 6. The molecule has 0 bridgehead atoms. The Morgan fingerprint density at radius 1 is 0.418 bits per heavy atom. The summed E-state index contributed by atoms with van der Waals surface area (Å²) in [6.07, 6.45) is 0.0921. The summed E-state index contributed by atoms with van der Waals surface area (Å²) in [5.41, 5.74) is 26.5. The van der Waals surface area contributed by atoms with Crippen LogP contribution in [-0.2, 0) is 23.9 Å². The van der Waals surface area contributed by atoms with Gasteiger partial charge in [0.1, 0.15) is 23.0 Å². The van der Waals surface area contributed by atoms with Crippen LogP contribution in [0, 0.1) is 20.2 Å². The van der Waals surface area contributed by atoms with Crippen LogP contribution < -0.4 is 52.5 Å². The lowest BCUT2D eigenvalue weighted by atomic mass is 9.75. The average molecular weight is 1320 g/mol. The van der Waals surface area contributed by atoms with Gasteiger partial charge in [-0.25, -0.2) is 4.79 Å². The molecule has 0 fully saturated rings. The highest BCUT2D eigenvalue weighted by molar-refractivity contribution is 6.06. The van der Waals surface area contributed by atoms with Crippen molar-refractivity contribution in [3.63, 3.8) is 0 Å². The number of hydrogen-bond acceptors (Lipinski definition) is 17. The Hall–Kier alpha value is -11.4. The first kappa shape index (κ1) is 69.5. The van der Waals surface area contributed by atoms with Gasteiger partial charge in [0, 0.05) is 47.5 Å². The topological polar surface area (TPSA) is 303 Å². The van der Waals surface area contributed by atoms with Gasteiger partial charge in [-0.1, -0.05) is 183 Å². The van der Waals surface area contributed by atoms with Crippen LogP contribution in [0.5, 0.6) is 23.0 Å². The summed E-state index contributed by atoms with van der Waals surface area (Å²) in [6, 6.07) is 68.5. The smallest absolute Gasteiger partial charge is 0.497 e. The van der Waals surface area contributed by atoms with Crippen molar-refractivity contribution in [2.75, 3.05) is 38.8 Å². The normalized spacial score (nSPS) is 12.0. The van der Waals surface area contributed by atoms with Gasteiger partial charge in [-0.3, -0.25) is 40.5 Å². The molecule has 10 aromatic rings. The number of benzene rings is 10. The average Bonchev–Trinajstić information content (AvgIpc) is 0.754. The van der Waals surface area contributed by atoms with E-state index in [1.54, 1.807) is 62.8 Å². The van der Waals surface area contributed by atoms with Gasteiger partial charge in [-0.2, -0.15) is 0 Å². The third-order valence-corrected chi connectivity index (χ3v) is 17.7. The zero-order valence-electron chi connectivity index (χ0n) is 54.5. The van der Waals surface area contributed by atoms with E-state index < -0.39 is 73.6 Å². The largest absolute Gasteiger partial charge is 0.519 e. The Bertz CT molecular complexity index is 4000. The predicted molar refractivity (Wildman–Crippen MR) is 380 cm³/mol. The van der Waals surface area contributed by atoms with Gasteiger partial charge < -0.3 is 41.9 Å². The fourth-order valence-corrected chi connectivity index (χ4v) is 12.8. The maximum atomic E-state index is 16.6. The van der Waals surface area contributed by atoms with E-state index in [2.05, 4.69) is 10.6 Å². The number of nitrogens with one attached hydrogen (secondary N) is 2. The molecule has 2 unspecified atom stereocenters. The number of nitrogens with two attached hydrogens (primary N) is 4. The van der Waals surface area contributed by atoms with E-state index in [0.717, 1.165) is 34.4 Å². The van der Waals surface area contributed by atoms with E-state index in [1.165, 1.54) is 12.1 Å². The van der Waals surface area contributed by atoms with Crippen molar-refractivity contribution in [2.24, 2.45) is 11.5 Å². The van der Waals surface area contributed by atoms with Gasteiger partial charge in [0.05, 0.1) is 58.4 Å². The number of nitrogens with zero attached hydrogens (tertiary/aromatic N) is 2. The number of carbonyl (C=O) groups is 3. The number of nitro groups is 2. The molecule has 500 valence electrons. The van der Waals surface area contributed by atoms with Gasteiger partial charge in [0.2, 0.25) is 0 Å². The molecule has 0 spiro atoms. The van der Waals surface area contributed by atoms with Crippen molar-refractivity contribution < 1.29 is 43.2 Å². The number of ether oxygens (including phenoxy) is 4. The summed E-state index contributed by atoms with van der Waals surface area (Å²) in [7, 11) is 3.13. The number of nitrogen functional groups attached to an aromatic ring is 2. The number of unbranched alkanes of at least 4 members (excludes halogenated alkanes) is 2. The van der Waals surface area contributed by atoms with E-state index in [9.17, 15) is 20.2 Å². The first-order valence-corrected chi connectivity index (χ1v) is 32.4. The Kier molecular flexibility index (Phi) is 23.0. The molecule has 0 aromatic heterocycles. The molecule has 0 amide bonds. The highest BCUT2D eigenvalue weighted by Gasteiger charge is 2.44. The minimum atomic E-state index is -1.49. The second kappa shape index (κ2) is 32.4. The molecular weight excluding hydrogens is 1240 g/mol. The number of carbonyl (C=O) groups excluding carboxylic acids is 3. The molecule has 19 heteroatoms. The number of rotatable bonds is 32. The fraction of sp³-hybridized carbons (Fsp3) is 0.203. The molecule has 0 aliphatic carbocycles. The summed E-state index contributed by atoms with van der Waals surface area (Å²) >= 11 is 0. The first-order chi connectivity index (χ1) is 47.6. The maximum absolute atomic E-state index is 16.6. The number of nitro benzene ring substituents is 2. The van der Waals surface area contributed by atoms with E-state index in [0.29, 0.717) is 70.8 Å². The minimum Gasteiger partial charge on any atom is -0.497 e. The van der Waals surface area contributed by atoms with Crippen molar-refractivity contribution in [1.82, 2.24) is 10.6 Å². The minimum absolute atomic E-state index is 0.101. The Morgan fingerprint density at radius 3 is 1.01 bits per heavy atom. The lowest BCUT2D eigenvalue weighted by Crippen LogP contribution is -2.52. The summed E-state index contributed by atoms with van der Waals surface area (Å²) in [6.45, 7) is 0.564. The lowest BCUT2D eigenvalue weighted by Gasteiger charge is -2.40. The molecule has 0 saturated heterocycles. The molecule has 10 N–H and O–H groups in total. The van der Waals surface area contributed by atoms with Crippen molar-refractivity contribution in [1.29, 1.82) is 0 Å². The monoisotopic (exact) mass is 1310 g/mol. The van der Waals surface area contributed by atoms with Crippen LogP contribution in [0.3, 0.4) is 0 Å². The van der Waals surface area contributed by atoms with Crippen LogP contribution in [0.15, 0.2) is 243 Å². The van der Waals surface area contributed by atoms with E-state index in [4.69, 9.17) is 41.9 Å². The predicted octanol–water partition coefficient (Wildman–Crippen LogP) is 14.0. The fourth-order valence-electron chi connectivity index (χ4n) is 12.8. The molecule has 98 heavy (non-hydrogen) atoms. The molecule has 0 heterocycles. The van der Waals surface area contributed by atoms with Crippen LogP contribution in [0.25, 0.3) is 0 Å². The molecule has 10 aromatic carbocycles. The summed E-state index contributed by atoms with van der Waals surface area (Å²) in [4.78, 5) is 74.3. The van der Waals surface area contributed by atoms with Crippen LogP contribution in [0.1, 0.15) is 115 Å². The molecule has 0 radical (unpaired) electrons. The molecule has 0 aliphatic heterocycles. The van der Waals surface area contributed by atoms with Crippen LogP contribution >= 0.6 is 0 Å². The summed E-state index contributed by atoms with van der Waals surface area (Å²) < 4.78 is 23.8. The first-order valence-electron chi connectivity index (χ1n) is 32.4. The van der Waals surface area contributed by atoms with Gasteiger partial charge in [0.15, 0.2) is 11.6 Å². The molecule has 0 aliphatic rings. The molecular formula is C79H78N8O11. The number of ketones is 2. The van der Waals surface area contributed by atoms with Crippen molar-refractivity contribution >= 4 is 40.5 Å². The van der Waals surface area contributed by atoms with Gasteiger partial charge in [-0.05, 0) is 144 Å². The number of anilines is 2. The summed E-state index contributed by atoms with van der Waals surface area (Å²) in [5.74, 6) is -1.07. The SMILES string of the molecule is COc1ccc(C(NC(CCCCN)C(=O)c2c(OC(=O)Oc3ccc([N+](=O)[O-])c(Cc4ccc(N)cc4)c3C(=O)C(CCCCN)NC(c3ccccc3)(c3ccccc3)c3ccc(OC)cc3)ccc([N+](=O)[O-])c2Cc2ccc(N)cc2)(c2ccccc2)c2ccccc2)cc1. The van der Waals surface area contributed by atoms with Crippen LogP contribution in [0.2, 0.25) is 0 Å². The Morgan fingerprint density at radius 2 is 0.724 bits per heavy atom. The van der Waals surface area contributed by atoms with E-state index >= 15 is 14.4 Å². The highest BCUT2D eigenvalue weighted by atomic mass is 16.7. The molecule has 10 rings (SSSR count). The Labute approximate surface area is 569 Å². The van der Waals surface area contributed by atoms with Crippen molar-refractivity contribution in [3.05, 3.63) is 330 Å². The van der Waals surface area contributed by atoms with Gasteiger partial charge in [-0.15, -0.1) is 0 Å². The van der Waals surface area contributed by atoms with Crippen molar-refractivity contribution in [2.45, 2.75) is 74.5 Å². The van der Waals surface area contributed by atoms with E-state index in [-0.39, 0.29) is 61.0 Å². The van der Waals surface area contributed by atoms with E-state index in [1.807, 2.05) is 170 Å². The molecule has 19 nitrogen and oxygen atoms in total. The second-order valence-corrected chi connectivity index (χ2v) is 23.8. The zero-order chi connectivity index (χ0) is 69.2. The molecule has 2 atom stereocenters. The third-order valence-electron chi connectivity index (χ3n) is 17.7. The second-order valence-electron chi connectivity index (χ2n) is 23.8. The van der Waals surface area contributed by atoms with Crippen LogP contribution in [-0.4, -0.2) is 67.0 Å². The van der Waals surface area contributed by atoms with Gasteiger partial charge >= 0.3 is 6.16 Å². The lowest BCUT2D eigenvalue weighted by molar-refractivity contribution is -0.385. The zero-order valence-corrected chi connectivity index (χ0v) is 54.5. The molecule has 0 saturated carbocycles. The van der Waals surface area contributed by atoms with Gasteiger partial charge in [0.25, 0.3) is 11.4 Å². The third kappa shape index (κ3) is 15.6. The number of methoxy groups -OCH3 is 2. The highest BCUT2D eigenvalue weighted by Crippen LogP contribution is 2.44. The summed E-state index contributed by atoms with van der Waals surface area (Å²) in [5, 5.41) is 34.6. The van der Waals surface area contributed by atoms with Crippen LogP contribution in [0.4, 0.5) is 27.5 Å². The van der Waals surface area contributed by atoms with Crippen molar-refractivity contribution in [3.8, 4) is 23.0 Å². The maximum Gasteiger partial charge on any atom is 0.519 e. The number of Topliss-reactive ketones (excluding diaryl/α,β-unsaturated/α-hetero) is 2. The Balaban J connectivity index is 1.16. The standard InChI is InChI=1S/C79H78N8O11/c1-95-63-41-33-59(34-42-63)78(55-19-7-3-8-20-55,56-21-9-4-10-22-56)84-67(27-15-17-49-80)75(88)73-65(51-53-29-37-61(82)38-30-53)69(86(91)92)45-47-71(73)97-77(90)98-72-48-46-70(87(93)94)66(52-54-31-39-62(83)40-32-54)74(72)76(89)68(28-16-18-50-81)85-79(57-23-11-5-12-24-57,58-25-13-6-14-26-58)60-35-43-64(96-2)44-36-60/h3-14,19-26,29-48,67-68,84-85H,15-18,27-28,49-52,80-83H2,1-2H3.